The van der Waals surface area contributed by atoms with E-state index >= 15 is 0 Å². The average molecular weight is 914 g/mol. The smallest absolute Gasteiger partial charge is 0.410 e. The molecular weight excluding hydrogens is 839 g/mol. The second kappa shape index (κ2) is 21.6. The molecule has 4 heterocycles. The van der Waals surface area contributed by atoms with Crippen molar-refractivity contribution in [3.63, 3.8) is 0 Å². The van der Waals surface area contributed by atoms with E-state index in [1.165, 1.54) is 7.11 Å². The zero-order valence-electron chi connectivity index (χ0n) is 40.6. The molecule has 2 unspecified atom stereocenters. The standard InChI is InChI=1S/C47H75N7O11/c1-13-37-47(9)41(54(44(59)65-47)20-15-14-19-53-27-34(50-51-53)31-17-16-18-32(48)22-31)30(4)49-26-28(2)25-46(8,60-12)38(63-43-40(57)35(52(10)11)21-29(3)61-43)24-36(55)33(42(58)62-37)23-39(56)64-45(5,6)7/h16-18,22,27-30,33,35,37-38,40-41,43,49,57H,13-15,19-21,23-26,48H2,1-12H3/t28-,29-,30-,33-,35?,37-,38-,40?,41-,43+,46-,47-/m1/s1. The summed E-state index contributed by atoms with van der Waals surface area (Å²) in [5.74, 6) is -4.06. The number of aryl methyl sites for hydroxylation is 1. The molecule has 5 rings (SSSR count). The van der Waals surface area contributed by atoms with E-state index in [4.69, 9.17) is 34.2 Å². The summed E-state index contributed by atoms with van der Waals surface area (Å²) in [7, 11) is 5.28. The van der Waals surface area contributed by atoms with Gasteiger partial charge in [-0.2, -0.15) is 0 Å². The van der Waals surface area contributed by atoms with Crippen molar-refractivity contribution < 1.29 is 52.7 Å². The fourth-order valence-electron chi connectivity index (χ4n) is 9.64. The van der Waals surface area contributed by atoms with E-state index in [0.717, 1.165) is 5.56 Å². The third kappa shape index (κ3) is 12.8. The summed E-state index contributed by atoms with van der Waals surface area (Å²) < 4.78 is 38.9. The number of nitrogens with two attached hydrogens (primary N) is 1. The molecule has 1 amide bonds. The number of nitrogen functional groups attached to an aromatic ring is 1. The number of Topliss-reactive ketones (excluding diaryl/α,β-unsaturated/α-hetero) is 1. The van der Waals surface area contributed by atoms with E-state index in [1.807, 2.05) is 84.1 Å². The highest BCUT2D eigenvalue weighted by atomic mass is 16.7. The number of cyclic esters (lactones) is 1. The quantitative estimate of drug-likeness (QED) is 0.0812. The number of aliphatic hydroxyl groups is 1. The molecule has 364 valence electrons. The molecule has 18 nitrogen and oxygen atoms in total. The predicted molar refractivity (Wildman–Crippen MR) is 242 cm³/mol. The van der Waals surface area contributed by atoms with Gasteiger partial charge in [0.15, 0.2) is 11.9 Å². The minimum Gasteiger partial charge on any atom is -0.460 e. The van der Waals surface area contributed by atoms with Crippen molar-refractivity contribution in [1.82, 2.24) is 30.1 Å². The molecule has 12 atom stereocenters. The highest BCUT2D eigenvalue weighted by molar-refractivity contribution is 6.02. The Balaban J connectivity index is 1.45. The lowest BCUT2D eigenvalue weighted by atomic mass is 9.83. The predicted octanol–water partition coefficient (Wildman–Crippen LogP) is 4.75. The van der Waals surface area contributed by atoms with Gasteiger partial charge in [0, 0.05) is 50.0 Å². The molecule has 3 saturated heterocycles. The Morgan fingerprint density at radius 3 is 2.46 bits per heavy atom. The van der Waals surface area contributed by atoms with E-state index in [9.17, 15) is 24.3 Å². The van der Waals surface area contributed by atoms with Gasteiger partial charge in [-0.1, -0.05) is 31.2 Å². The summed E-state index contributed by atoms with van der Waals surface area (Å²) in [5, 5.41) is 23.8. The number of unbranched alkanes of at least 4 members (excludes halogenated alkanes) is 1. The number of hydrogen-bond donors (Lipinski definition) is 3. The number of hydrogen-bond acceptors (Lipinski definition) is 16. The van der Waals surface area contributed by atoms with Crippen LogP contribution in [0.4, 0.5) is 10.5 Å². The lowest BCUT2D eigenvalue weighted by molar-refractivity contribution is -0.289. The zero-order valence-corrected chi connectivity index (χ0v) is 40.6. The molecule has 3 fully saturated rings. The Labute approximate surface area is 384 Å². The summed E-state index contributed by atoms with van der Waals surface area (Å²) in [5.41, 5.74) is 4.75. The van der Waals surface area contributed by atoms with E-state index in [2.05, 4.69) is 15.6 Å². The molecule has 4 N–H and O–H groups in total. The van der Waals surface area contributed by atoms with Crippen molar-refractivity contribution in [3.8, 4) is 11.3 Å². The summed E-state index contributed by atoms with van der Waals surface area (Å²) in [4.78, 5) is 60.4. The number of carbonyl (C=O) groups is 4. The van der Waals surface area contributed by atoms with E-state index < -0.39 is 83.6 Å². The van der Waals surface area contributed by atoms with Crippen molar-refractivity contribution in [2.45, 2.75) is 179 Å². The first-order valence-corrected chi connectivity index (χ1v) is 23.1. The Bertz CT molecular complexity index is 1940. The fourth-order valence-corrected chi connectivity index (χ4v) is 9.64. The van der Waals surface area contributed by atoms with Crippen LogP contribution in [0.5, 0.6) is 0 Å². The maximum absolute atomic E-state index is 14.7. The van der Waals surface area contributed by atoms with Crippen molar-refractivity contribution in [2.75, 3.05) is 40.0 Å². The Morgan fingerprint density at radius 1 is 1.11 bits per heavy atom. The first-order chi connectivity index (χ1) is 30.5. The molecule has 1 aromatic carbocycles. The zero-order chi connectivity index (χ0) is 48.0. The van der Waals surface area contributed by atoms with Crippen LogP contribution in [0.3, 0.4) is 0 Å². The van der Waals surface area contributed by atoms with Crippen molar-refractivity contribution in [2.24, 2.45) is 11.8 Å². The van der Waals surface area contributed by atoms with Gasteiger partial charge in [-0.3, -0.25) is 24.0 Å². The molecule has 3 aliphatic heterocycles. The van der Waals surface area contributed by atoms with Crippen LogP contribution in [0.25, 0.3) is 11.3 Å². The molecule has 2 aromatic rings. The lowest BCUT2D eigenvalue weighted by Gasteiger charge is -2.45. The minimum absolute atomic E-state index is 0.0885. The number of ether oxygens (including phenoxy) is 6. The summed E-state index contributed by atoms with van der Waals surface area (Å²) in [6.07, 6.45) is -1.76. The van der Waals surface area contributed by atoms with Gasteiger partial charge in [-0.25, -0.2) is 4.79 Å². The number of methoxy groups -OCH3 is 1. The number of rotatable bonds is 13. The van der Waals surface area contributed by atoms with Crippen LogP contribution in [-0.4, -0.2) is 154 Å². The molecule has 18 heteroatoms. The Morgan fingerprint density at radius 2 is 1.82 bits per heavy atom. The summed E-state index contributed by atoms with van der Waals surface area (Å²) in [6.45, 7) is 17.8. The Kier molecular flexibility index (Phi) is 17.2. The van der Waals surface area contributed by atoms with Gasteiger partial charge in [0.1, 0.15) is 35.2 Å². The molecule has 0 bridgehead atoms. The van der Waals surface area contributed by atoms with Crippen LogP contribution >= 0.6 is 0 Å². The number of aliphatic hydroxyl groups excluding tert-OH is 1. The van der Waals surface area contributed by atoms with Gasteiger partial charge in [-0.05, 0) is 119 Å². The molecular formula is C47H75N7O11. The maximum atomic E-state index is 14.7. The number of esters is 2. The highest BCUT2D eigenvalue weighted by Crippen LogP contribution is 2.40. The molecule has 65 heavy (non-hydrogen) atoms. The van der Waals surface area contributed by atoms with Crippen LogP contribution in [0.15, 0.2) is 30.5 Å². The number of amides is 1. The largest absolute Gasteiger partial charge is 0.460 e. The van der Waals surface area contributed by atoms with Crippen LogP contribution < -0.4 is 11.1 Å². The van der Waals surface area contributed by atoms with Crippen LogP contribution in [0.1, 0.15) is 107 Å². The summed E-state index contributed by atoms with van der Waals surface area (Å²) in [6, 6.07) is 6.16. The van der Waals surface area contributed by atoms with Crippen LogP contribution in [0.2, 0.25) is 0 Å². The number of nitrogens with one attached hydrogen (secondary N) is 1. The number of aromatic nitrogens is 3. The molecule has 0 saturated carbocycles. The van der Waals surface area contributed by atoms with E-state index in [1.54, 1.807) is 37.3 Å². The number of nitrogens with zero attached hydrogens (tertiary/aromatic N) is 5. The SMILES string of the molecule is CC[C@H]1OC(=O)[C@H](CC(=O)OC(C)(C)C)C(=O)C[C@@H](O[C@@H]2O[C@H](C)CC(N(C)C)C2O)[C@](C)(OC)C[C@@H](C)CN[C@H](C)[C@H]2N(CCCCn3cc(-c4cccc(N)c4)nn3)C(=O)O[C@]12C. The number of carbonyl (C=O) groups excluding carboxylic acids is 4. The maximum Gasteiger partial charge on any atom is 0.410 e. The third-order valence-electron chi connectivity index (χ3n) is 13.1. The van der Waals surface area contributed by atoms with Crippen LogP contribution in [0, 0.1) is 11.8 Å². The normalized spacial score (nSPS) is 33.2. The van der Waals surface area contributed by atoms with E-state index in [0.29, 0.717) is 56.7 Å². The number of ketones is 1. The molecule has 0 spiro atoms. The highest BCUT2D eigenvalue weighted by Gasteiger charge is 2.58. The number of fused-ring (bicyclic) bond motifs is 1. The van der Waals surface area contributed by atoms with E-state index in [-0.39, 0.29) is 36.9 Å². The number of likely N-dealkylation sites (N-methyl/N-ethyl adjacent to an activating group) is 1. The van der Waals surface area contributed by atoms with Gasteiger partial charge in [0.2, 0.25) is 0 Å². The average Bonchev–Trinajstić information content (AvgIpc) is 3.80. The van der Waals surface area contributed by atoms with Gasteiger partial charge in [-0.15, -0.1) is 5.10 Å². The first-order valence-electron chi connectivity index (χ1n) is 23.1. The minimum atomic E-state index is -1.61. The first kappa shape index (κ1) is 51.8. The van der Waals surface area contributed by atoms with Crippen molar-refractivity contribution in [1.29, 1.82) is 0 Å². The fraction of sp³-hybridized carbons (Fsp3) is 0.745. The van der Waals surface area contributed by atoms with Gasteiger partial charge in [0.25, 0.3) is 0 Å². The molecule has 1 aromatic heterocycles. The van der Waals surface area contributed by atoms with Crippen LogP contribution in [-0.2, 0) is 49.3 Å². The third-order valence-corrected chi connectivity index (χ3v) is 13.1. The number of anilines is 1. The van der Waals surface area contributed by atoms with Gasteiger partial charge in [0.05, 0.1) is 36.5 Å². The molecule has 0 radical (unpaired) electrons. The lowest BCUT2D eigenvalue weighted by Crippen LogP contribution is -2.61. The van der Waals surface area contributed by atoms with Gasteiger partial charge < -0.3 is 49.5 Å². The molecule has 3 aliphatic rings. The summed E-state index contributed by atoms with van der Waals surface area (Å²) >= 11 is 0. The molecule has 0 aliphatic carbocycles. The van der Waals surface area contributed by atoms with Crippen molar-refractivity contribution in [3.05, 3.63) is 30.5 Å². The second-order valence-corrected chi connectivity index (χ2v) is 20.0. The topological polar surface area (TPSA) is 219 Å². The second-order valence-electron chi connectivity index (χ2n) is 20.0. The number of benzene rings is 1. The Hall–Kier alpha value is -4.20. The monoisotopic (exact) mass is 914 g/mol. The van der Waals surface area contributed by atoms with Gasteiger partial charge >= 0.3 is 18.0 Å². The van der Waals surface area contributed by atoms with Crippen molar-refractivity contribution >= 4 is 29.5 Å².